The van der Waals surface area contributed by atoms with Crippen molar-refractivity contribution in [1.82, 2.24) is 39.0 Å². The Labute approximate surface area is 336 Å². The van der Waals surface area contributed by atoms with Gasteiger partial charge in [-0.3, -0.25) is 28.0 Å². The molecule has 35 nitrogen and oxygen atoms in total. The van der Waals surface area contributed by atoms with Gasteiger partial charge in [0, 0.05) is 12.8 Å². The Hall–Kier alpha value is -2.84. The Morgan fingerprint density at radius 2 is 1.10 bits per heavy atom. The zero-order chi connectivity index (χ0) is 45.5. The van der Waals surface area contributed by atoms with Gasteiger partial charge in [0.2, 0.25) is 5.95 Å². The first-order valence-electron chi connectivity index (χ1n) is 15.8. The number of anilines is 2. The summed E-state index contributed by atoms with van der Waals surface area (Å²) in [5.74, 6) is -0.0662. The highest BCUT2D eigenvalue weighted by Gasteiger charge is 2.45. The van der Waals surface area contributed by atoms with Crippen LogP contribution in [0.1, 0.15) is 25.3 Å². The number of hydrogen-bond acceptors (Lipinski definition) is 24. The SMILES string of the molecule is Nc1nc2c(ncn2[C@H]2C[C@H](O)[C@@H](COP(=O)(O)OP(=O)(O)OP(=O)(O)O)O2)c(=O)[nH]1.Nc1ncnc2c1ncn2[C@H]1C[C@H](O)[C@@H](COP(=O)(O)OP(=O)(O)OP(=O)(O)O)O1. The molecule has 0 aliphatic carbocycles. The van der Waals surface area contributed by atoms with Crippen molar-refractivity contribution in [2.24, 2.45) is 0 Å². The van der Waals surface area contributed by atoms with E-state index in [2.05, 4.69) is 56.2 Å². The summed E-state index contributed by atoms with van der Waals surface area (Å²) >= 11 is 0. The van der Waals surface area contributed by atoms with Gasteiger partial charge in [-0.05, 0) is 0 Å². The van der Waals surface area contributed by atoms with Crippen molar-refractivity contribution >= 4 is 81.0 Å². The lowest BCUT2D eigenvalue weighted by Crippen LogP contribution is -2.26. The van der Waals surface area contributed by atoms with Gasteiger partial charge in [-0.2, -0.15) is 22.2 Å². The maximum Gasteiger partial charge on any atom is 0.490 e. The van der Waals surface area contributed by atoms with Crippen LogP contribution in [0.3, 0.4) is 0 Å². The molecule has 41 heteroatoms. The molecule has 4 unspecified atom stereocenters. The number of imidazole rings is 2. The molecule has 2 aliphatic heterocycles. The fraction of sp³-hybridized carbons (Fsp3) is 0.500. The standard InChI is InChI=1S/C10H16N5O13P3.C10H16N5O12P3/c11-10-13-8-7(9(17)14-10)12-3-15(8)6-1-4(16)5(26-6)2-25-30(21,22)28-31(23,24)27-29(18,19)20;11-9-8-10(13-3-12-9)15(4-14-8)7-1-5(16)6(25-7)2-24-29(20,21)27-30(22,23)26-28(17,18)19/h3-6,16H,1-2H2,(H,21,22)(H,23,24)(H2,18,19,20)(H3,11,13,14,17);3-7,16H,1-2H2,(H,20,21)(H,22,23)(H2,11,12,13)(H2,17,18,19)/t4-,5+,6+;5-,6+,7+/m00/s1. The number of aromatic amines is 1. The molecule has 15 N–H and O–H groups in total. The molecule has 0 aromatic carbocycles. The summed E-state index contributed by atoms with van der Waals surface area (Å²) in [6.45, 7) is -1.63. The van der Waals surface area contributed by atoms with Crippen LogP contribution >= 0.6 is 46.9 Å². The third-order valence-corrected chi connectivity index (χ3v) is 15.1. The summed E-state index contributed by atoms with van der Waals surface area (Å²) in [5.41, 5.74) is 11.2. The van der Waals surface area contributed by atoms with Crippen LogP contribution < -0.4 is 17.0 Å². The molecule has 61 heavy (non-hydrogen) atoms. The molecular weight excluding hydrogens is 966 g/mol. The van der Waals surface area contributed by atoms with Crippen molar-refractivity contribution < 1.29 is 113 Å². The average molecular weight is 998 g/mol. The van der Waals surface area contributed by atoms with Crippen molar-refractivity contribution in [1.29, 1.82) is 0 Å². The van der Waals surface area contributed by atoms with E-state index >= 15 is 0 Å². The van der Waals surface area contributed by atoms with Gasteiger partial charge in [-0.1, -0.05) is 0 Å². The van der Waals surface area contributed by atoms with Crippen LogP contribution in [-0.4, -0.2) is 126 Å². The van der Waals surface area contributed by atoms with Crippen LogP contribution in [0, 0.1) is 0 Å². The number of aromatic nitrogens is 8. The van der Waals surface area contributed by atoms with E-state index in [1.807, 2.05) is 0 Å². The van der Waals surface area contributed by atoms with Gasteiger partial charge in [0.05, 0.1) is 38.1 Å². The summed E-state index contributed by atoms with van der Waals surface area (Å²) < 4.78 is 104. The number of aliphatic hydroxyl groups is 2. The maximum absolute atomic E-state index is 11.8. The van der Waals surface area contributed by atoms with Gasteiger partial charge in [0.15, 0.2) is 22.6 Å². The maximum atomic E-state index is 11.8. The molecule has 2 saturated heterocycles. The lowest BCUT2D eigenvalue weighted by molar-refractivity contribution is -0.0423. The minimum atomic E-state index is -5.67. The second kappa shape index (κ2) is 18.3. The molecule has 342 valence electrons. The van der Waals surface area contributed by atoms with Gasteiger partial charge in [-0.25, -0.2) is 47.3 Å². The number of ether oxygens (including phenoxy) is 2. The molecule has 2 aliphatic rings. The molecule has 10 atom stereocenters. The highest BCUT2D eigenvalue weighted by atomic mass is 31.3. The number of nitrogens with one attached hydrogen (secondary N) is 1. The Morgan fingerprint density at radius 3 is 1.56 bits per heavy atom. The van der Waals surface area contributed by atoms with E-state index in [1.165, 1.54) is 28.1 Å². The average Bonchev–Trinajstić information content (AvgIpc) is 3.85. The van der Waals surface area contributed by atoms with E-state index in [1.54, 1.807) is 0 Å². The number of nitrogens with two attached hydrogens (primary N) is 2. The van der Waals surface area contributed by atoms with E-state index in [4.69, 9.17) is 50.3 Å². The normalized spacial score (nSPS) is 26.3. The van der Waals surface area contributed by atoms with Crippen LogP contribution in [0.5, 0.6) is 0 Å². The van der Waals surface area contributed by atoms with E-state index in [0.29, 0.717) is 11.2 Å². The van der Waals surface area contributed by atoms with Crippen molar-refractivity contribution in [3.63, 3.8) is 0 Å². The van der Waals surface area contributed by atoms with Crippen molar-refractivity contribution in [3.8, 4) is 0 Å². The van der Waals surface area contributed by atoms with Crippen LogP contribution in [0.4, 0.5) is 11.8 Å². The molecule has 4 aromatic rings. The lowest BCUT2D eigenvalue weighted by atomic mass is 10.2. The Bertz CT molecular complexity index is 2600. The van der Waals surface area contributed by atoms with Crippen molar-refractivity contribution in [3.05, 3.63) is 29.3 Å². The Kier molecular flexibility index (Phi) is 14.8. The number of nitrogens with zero attached hydrogens (tertiary/aromatic N) is 7. The van der Waals surface area contributed by atoms with Gasteiger partial charge in [0.1, 0.15) is 36.5 Å². The van der Waals surface area contributed by atoms with E-state index in [0.717, 1.165) is 0 Å². The van der Waals surface area contributed by atoms with Gasteiger partial charge in [-0.15, -0.1) is 0 Å². The minimum Gasteiger partial charge on any atom is -0.390 e. The highest BCUT2D eigenvalue weighted by Crippen LogP contribution is 2.67. The molecule has 6 rings (SSSR count). The first-order valence-corrected chi connectivity index (χ1v) is 24.9. The minimum absolute atomic E-state index is 0.000206. The van der Waals surface area contributed by atoms with Gasteiger partial charge >= 0.3 is 46.9 Å². The number of rotatable bonds is 16. The number of phosphoric ester groups is 2. The molecule has 0 radical (unpaired) electrons. The first kappa shape index (κ1) is 49.2. The van der Waals surface area contributed by atoms with E-state index in [9.17, 15) is 52.2 Å². The number of phosphoric acid groups is 6. The molecule has 0 amide bonds. The second-order valence-electron chi connectivity index (χ2n) is 12.0. The fourth-order valence-electron chi connectivity index (χ4n) is 5.25. The van der Waals surface area contributed by atoms with Crippen molar-refractivity contribution in [2.75, 3.05) is 24.7 Å². The third-order valence-electron chi connectivity index (χ3n) is 7.50. The smallest absolute Gasteiger partial charge is 0.390 e. The van der Waals surface area contributed by atoms with Crippen LogP contribution in [0.25, 0.3) is 22.3 Å². The molecule has 6 heterocycles. The zero-order valence-electron chi connectivity index (χ0n) is 29.6. The van der Waals surface area contributed by atoms with Crippen molar-refractivity contribution in [2.45, 2.75) is 49.7 Å². The molecular formula is C20H32N10O25P6. The third kappa shape index (κ3) is 13.6. The Balaban J connectivity index is 0.000000231. The number of fused-ring (bicyclic) bond motifs is 2. The quantitative estimate of drug-likeness (QED) is 0.0545. The summed E-state index contributed by atoms with van der Waals surface area (Å²) in [6, 6.07) is 0. The number of H-pyrrole nitrogens is 1. The van der Waals surface area contributed by atoms with Crippen LogP contribution in [0.2, 0.25) is 0 Å². The van der Waals surface area contributed by atoms with Gasteiger partial charge < -0.3 is 70.3 Å². The summed E-state index contributed by atoms with van der Waals surface area (Å²) in [4.78, 5) is 105. The molecule has 4 aromatic heterocycles. The number of hydrogen-bond donors (Lipinski definition) is 13. The number of aliphatic hydroxyl groups excluding tert-OH is 2. The zero-order valence-corrected chi connectivity index (χ0v) is 35.0. The number of nitrogen functional groups attached to an aromatic ring is 2. The van der Waals surface area contributed by atoms with Crippen LogP contribution in [-0.2, 0) is 63.2 Å². The van der Waals surface area contributed by atoms with E-state index < -0.39 is 103 Å². The Morgan fingerprint density at radius 1 is 0.656 bits per heavy atom. The van der Waals surface area contributed by atoms with Gasteiger partial charge in [0.25, 0.3) is 5.56 Å². The molecule has 2 fully saturated rings. The highest BCUT2D eigenvalue weighted by molar-refractivity contribution is 7.67. The molecule has 0 saturated carbocycles. The molecule has 0 bridgehead atoms. The largest absolute Gasteiger partial charge is 0.490 e. The predicted octanol–water partition coefficient (Wildman–Crippen LogP) is -1.91. The lowest BCUT2D eigenvalue weighted by Gasteiger charge is -2.19. The summed E-state index contributed by atoms with van der Waals surface area (Å²) in [5, 5.41) is 20.3. The fourth-order valence-corrected chi connectivity index (χ4v) is 11.3. The second-order valence-corrected chi connectivity index (χ2v) is 20.8. The monoisotopic (exact) mass is 998 g/mol. The summed E-state index contributed by atoms with van der Waals surface area (Å²) in [6.07, 6.45) is -3.00. The predicted molar refractivity (Wildman–Crippen MR) is 191 cm³/mol. The topological polar surface area (TPSA) is 538 Å². The van der Waals surface area contributed by atoms with E-state index in [-0.39, 0.29) is 35.8 Å². The summed E-state index contributed by atoms with van der Waals surface area (Å²) in [7, 11) is -33.0. The molecule has 0 spiro atoms. The van der Waals surface area contributed by atoms with Crippen LogP contribution in [0.15, 0.2) is 23.8 Å². The first-order chi connectivity index (χ1) is 27.9.